The van der Waals surface area contributed by atoms with E-state index in [1.54, 1.807) is 0 Å². The number of rotatable bonds is 1. The maximum atomic E-state index is 12.7. The zero-order valence-electron chi connectivity index (χ0n) is 9.60. The molecular weight excluding hydrogens is 215 g/mol. The van der Waals surface area contributed by atoms with Crippen molar-refractivity contribution in [2.75, 3.05) is 13.1 Å². The Morgan fingerprint density at radius 1 is 0.875 bits per heavy atom. The number of nitrogens with zero attached hydrogens (tertiary/aromatic N) is 1. The SMILES string of the molecule is FC(F)(F)C1CCCN(C2CCCCC2)C1. The van der Waals surface area contributed by atoms with Gasteiger partial charge in [-0.25, -0.2) is 0 Å². The van der Waals surface area contributed by atoms with Crippen molar-refractivity contribution in [3.05, 3.63) is 0 Å². The van der Waals surface area contributed by atoms with E-state index in [-0.39, 0.29) is 6.54 Å². The highest BCUT2D eigenvalue weighted by Crippen LogP contribution is 2.35. The van der Waals surface area contributed by atoms with Gasteiger partial charge in [-0.15, -0.1) is 0 Å². The average Bonchev–Trinajstić information content (AvgIpc) is 2.29. The minimum absolute atomic E-state index is 0.244. The van der Waals surface area contributed by atoms with Crippen LogP contribution in [-0.2, 0) is 0 Å². The fraction of sp³-hybridized carbons (Fsp3) is 1.00. The molecule has 0 radical (unpaired) electrons. The Labute approximate surface area is 95.0 Å². The highest BCUT2D eigenvalue weighted by Gasteiger charge is 2.42. The summed E-state index contributed by atoms with van der Waals surface area (Å²) in [6, 6.07) is 0.430. The molecule has 2 fully saturated rings. The summed E-state index contributed by atoms with van der Waals surface area (Å²) in [5.74, 6) is -1.08. The molecule has 0 bridgehead atoms. The lowest BCUT2D eigenvalue weighted by Crippen LogP contribution is -2.47. The smallest absolute Gasteiger partial charge is 0.300 e. The van der Waals surface area contributed by atoms with Crippen molar-refractivity contribution in [2.24, 2.45) is 5.92 Å². The Bertz CT molecular complexity index is 221. The van der Waals surface area contributed by atoms with Gasteiger partial charge >= 0.3 is 6.18 Å². The highest BCUT2D eigenvalue weighted by atomic mass is 19.4. The van der Waals surface area contributed by atoms with Crippen molar-refractivity contribution in [1.82, 2.24) is 4.90 Å². The molecule has 16 heavy (non-hydrogen) atoms. The van der Waals surface area contributed by atoms with Gasteiger partial charge in [0.15, 0.2) is 0 Å². The molecule has 94 valence electrons. The van der Waals surface area contributed by atoms with Gasteiger partial charge in [0.2, 0.25) is 0 Å². The zero-order valence-corrected chi connectivity index (χ0v) is 9.60. The molecule has 1 unspecified atom stereocenters. The first-order valence-electron chi connectivity index (χ1n) is 6.38. The summed E-state index contributed by atoms with van der Waals surface area (Å²) in [6.45, 7) is 1.12. The molecule has 0 aromatic rings. The summed E-state index contributed by atoms with van der Waals surface area (Å²) < 4.78 is 38.0. The molecule has 0 aromatic heterocycles. The third-order valence-corrected chi connectivity index (χ3v) is 4.01. The number of hydrogen-bond donors (Lipinski definition) is 0. The van der Waals surface area contributed by atoms with Crippen LogP contribution in [0.3, 0.4) is 0 Å². The molecule has 1 aliphatic carbocycles. The number of alkyl halides is 3. The van der Waals surface area contributed by atoms with Gasteiger partial charge in [-0.3, -0.25) is 4.90 Å². The molecule has 1 saturated carbocycles. The van der Waals surface area contributed by atoms with Crippen molar-refractivity contribution in [1.29, 1.82) is 0 Å². The predicted molar refractivity (Wildman–Crippen MR) is 57.2 cm³/mol. The maximum Gasteiger partial charge on any atom is 0.393 e. The van der Waals surface area contributed by atoms with Crippen molar-refractivity contribution < 1.29 is 13.2 Å². The molecule has 1 saturated heterocycles. The predicted octanol–water partition coefficient (Wildman–Crippen LogP) is 3.59. The van der Waals surface area contributed by atoms with Crippen molar-refractivity contribution in [2.45, 2.75) is 57.2 Å². The number of piperidine rings is 1. The normalized spacial score (nSPS) is 30.6. The third kappa shape index (κ3) is 2.90. The van der Waals surface area contributed by atoms with Gasteiger partial charge in [0.1, 0.15) is 0 Å². The lowest BCUT2D eigenvalue weighted by Gasteiger charge is -2.40. The first kappa shape index (κ1) is 12.2. The lowest BCUT2D eigenvalue weighted by molar-refractivity contribution is -0.189. The monoisotopic (exact) mass is 235 g/mol. The van der Waals surface area contributed by atoms with Gasteiger partial charge < -0.3 is 0 Å². The van der Waals surface area contributed by atoms with E-state index in [1.807, 2.05) is 0 Å². The van der Waals surface area contributed by atoms with Gasteiger partial charge in [0, 0.05) is 12.6 Å². The highest BCUT2D eigenvalue weighted by molar-refractivity contribution is 4.83. The molecule has 2 rings (SSSR count). The minimum Gasteiger partial charge on any atom is -0.300 e. The first-order chi connectivity index (χ1) is 7.57. The molecule has 4 heteroatoms. The summed E-state index contributed by atoms with van der Waals surface area (Å²) in [5, 5.41) is 0. The molecule has 1 nitrogen and oxygen atoms in total. The van der Waals surface area contributed by atoms with Crippen LogP contribution >= 0.6 is 0 Å². The first-order valence-corrected chi connectivity index (χ1v) is 6.38. The molecular formula is C12H20F3N. The van der Waals surface area contributed by atoms with E-state index in [0.717, 1.165) is 19.4 Å². The Kier molecular flexibility index (Phi) is 3.77. The molecule has 1 aliphatic heterocycles. The van der Waals surface area contributed by atoms with Crippen LogP contribution in [0.5, 0.6) is 0 Å². The lowest BCUT2D eigenvalue weighted by atomic mass is 9.90. The van der Waals surface area contributed by atoms with Crippen LogP contribution in [0.1, 0.15) is 44.9 Å². The molecule has 0 spiro atoms. The van der Waals surface area contributed by atoms with E-state index < -0.39 is 12.1 Å². The van der Waals surface area contributed by atoms with Gasteiger partial charge in [0.05, 0.1) is 5.92 Å². The largest absolute Gasteiger partial charge is 0.393 e. The second kappa shape index (κ2) is 4.94. The minimum atomic E-state index is -3.99. The molecule has 0 N–H and O–H groups in total. The Hall–Kier alpha value is -0.250. The van der Waals surface area contributed by atoms with E-state index in [0.29, 0.717) is 18.9 Å². The molecule has 2 aliphatic rings. The van der Waals surface area contributed by atoms with E-state index in [9.17, 15) is 13.2 Å². The fourth-order valence-electron chi connectivity index (χ4n) is 3.05. The van der Waals surface area contributed by atoms with Gasteiger partial charge in [-0.2, -0.15) is 13.2 Å². The summed E-state index contributed by atoms with van der Waals surface area (Å²) in [7, 11) is 0. The topological polar surface area (TPSA) is 3.24 Å². The van der Waals surface area contributed by atoms with Crippen LogP contribution in [0.25, 0.3) is 0 Å². The van der Waals surface area contributed by atoms with E-state index in [2.05, 4.69) is 4.90 Å². The quantitative estimate of drug-likeness (QED) is 0.671. The third-order valence-electron chi connectivity index (χ3n) is 4.01. The van der Waals surface area contributed by atoms with Crippen LogP contribution in [0.4, 0.5) is 13.2 Å². The number of hydrogen-bond acceptors (Lipinski definition) is 1. The Balaban J connectivity index is 1.90. The summed E-state index contributed by atoms with van der Waals surface area (Å²) in [5.41, 5.74) is 0. The molecule has 1 atom stereocenters. The van der Waals surface area contributed by atoms with Crippen molar-refractivity contribution >= 4 is 0 Å². The zero-order chi connectivity index (χ0) is 11.6. The van der Waals surface area contributed by atoms with Crippen LogP contribution in [0, 0.1) is 5.92 Å². The molecule has 0 amide bonds. The van der Waals surface area contributed by atoms with E-state index in [1.165, 1.54) is 19.3 Å². The maximum absolute atomic E-state index is 12.7. The van der Waals surface area contributed by atoms with Crippen molar-refractivity contribution in [3.63, 3.8) is 0 Å². The Morgan fingerprint density at radius 2 is 1.56 bits per heavy atom. The van der Waals surface area contributed by atoms with Crippen LogP contribution in [0.2, 0.25) is 0 Å². The van der Waals surface area contributed by atoms with E-state index in [4.69, 9.17) is 0 Å². The van der Waals surface area contributed by atoms with Gasteiger partial charge in [-0.05, 0) is 32.2 Å². The summed E-state index contributed by atoms with van der Waals surface area (Å²) in [6.07, 6.45) is 2.89. The fourth-order valence-corrected chi connectivity index (χ4v) is 3.05. The second-order valence-electron chi connectivity index (χ2n) is 5.17. The molecule has 1 heterocycles. The van der Waals surface area contributed by atoms with Crippen LogP contribution in [0.15, 0.2) is 0 Å². The van der Waals surface area contributed by atoms with E-state index >= 15 is 0 Å². The van der Waals surface area contributed by atoms with Crippen LogP contribution in [-0.4, -0.2) is 30.2 Å². The second-order valence-corrected chi connectivity index (χ2v) is 5.17. The standard InChI is InChI=1S/C12H20F3N/c13-12(14,15)10-5-4-8-16(9-10)11-6-2-1-3-7-11/h10-11H,1-9H2. The number of likely N-dealkylation sites (tertiary alicyclic amines) is 1. The van der Waals surface area contributed by atoms with Gasteiger partial charge in [0.25, 0.3) is 0 Å². The molecule has 0 aromatic carbocycles. The Morgan fingerprint density at radius 3 is 2.19 bits per heavy atom. The summed E-state index contributed by atoms with van der Waals surface area (Å²) in [4.78, 5) is 2.10. The van der Waals surface area contributed by atoms with Crippen molar-refractivity contribution in [3.8, 4) is 0 Å². The average molecular weight is 235 g/mol. The van der Waals surface area contributed by atoms with Crippen LogP contribution < -0.4 is 0 Å². The number of halogens is 3. The van der Waals surface area contributed by atoms with Gasteiger partial charge in [-0.1, -0.05) is 19.3 Å². The summed E-state index contributed by atoms with van der Waals surface area (Å²) >= 11 is 0.